The number of nitrogens with two attached hydrogens (primary N) is 2. The number of hydrogen-bond acceptors (Lipinski definition) is 9. The van der Waals surface area contributed by atoms with Gasteiger partial charge in [-0.3, -0.25) is 14.4 Å². The van der Waals surface area contributed by atoms with Crippen molar-refractivity contribution in [3.05, 3.63) is 0 Å². The van der Waals surface area contributed by atoms with Crippen molar-refractivity contribution >= 4 is 48.9 Å². The van der Waals surface area contributed by atoms with Crippen LogP contribution in [-0.4, -0.2) is 82.2 Å². The van der Waals surface area contributed by atoms with Crippen LogP contribution in [0.15, 0.2) is 0 Å². The fourth-order valence-corrected chi connectivity index (χ4v) is 2.74. The molecule has 0 bridgehead atoms. The average Bonchev–Trinajstić information content (AvgIpc) is 2.67. The van der Waals surface area contributed by atoms with Crippen LogP contribution in [0.25, 0.3) is 0 Å². The second kappa shape index (κ2) is 14.4. The largest absolute Gasteiger partial charge is 0.480 e. The predicted molar refractivity (Wildman–Crippen MR) is 114 cm³/mol. The first-order valence-electron chi connectivity index (χ1n) is 9.08. The molecule has 5 unspecified atom stereocenters. The van der Waals surface area contributed by atoms with Crippen LogP contribution in [-0.2, 0) is 19.2 Å². The Hall–Kier alpha value is -1.54. The van der Waals surface area contributed by atoms with Crippen molar-refractivity contribution in [3.8, 4) is 0 Å². The number of aliphatic hydroxyl groups excluding tert-OH is 1. The van der Waals surface area contributed by atoms with Gasteiger partial charge in [-0.05, 0) is 26.3 Å². The van der Waals surface area contributed by atoms with Crippen molar-refractivity contribution in [2.45, 2.75) is 56.5 Å². The van der Waals surface area contributed by atoms with Crippen molar-refractivity contribution < 1.29 is 29.4 Å². The number of hydrogen-bond donors (Lipinski definition) is 9. The van der Waals surface area contributed by atoms with Crippen LogP contribution in [0.1, 0.15) is 26.2 Å². The van der Waals surface area contributed by atoms with Gasteiger partial charge in [-0.1, -0.05) is 6.42 Å². The van der Waals surface area contributed by atoms with Gasteiger partial charge in [0.05, 0.1) is 12.1 Å². The molecule has 29 heavy (non-hydrogen) atoms. The van der Waals surface area contributed by atoms with Gasteiger partial charge in [0.1, 0.15) is 12.1 Å². The molecule has 0 aliphatic heterocycles. The van der Waals surface area contributed by atoms with E-state index < -0.39 is 54.0 Å². The van der Waals surface area contributed by atoms with E-state index in [1.165, 1.54) is 6.92 Å². The number of thiol groups is 2. The number of nitrogens with one attached hydrogen (secondary N) is 3. The van der Waals surface area contributed by atoms with Crippen LogP contribution in [0.3, 0.4) is 0 Å². The zero-order valence-corrected chi connectivity index (χ0v) is 18.0. The minimum atomic E-state index is -1.55. The van der Waals surface area contributed by atoms with Crippen LogP contribution >= 0.6 is 25.3 Å². The van der Waals surface area contributed by atoms with Crippen LogP contribution < -0.4 is 27.4 Å². The van der Waals surface area contributed by atoms with E-state index in [4.69, 9.17) is 16.6 Å². The molecular formula is C16H31N5O6S2. The number of aliphatic carboxylic acids is 1. The summed E-state index contributed by atoms with van der Waals surface area (Å²) >= 11 is 8.01. The van der Waals surface area contributed by atoms with Gasteiger partial charge in [0.2, 0.25) is 17.7 Å². The van der Waals surface area contributed by atoms with Crippen LogP contribution in [0, 0.1) is 0 Å². The number of unbranched alkanes of at least 4 members (excludes halogenated alkanes) is 1. The van der Waals surface area contributed by atoms with Gasteiger partial charge in [-0.25, -0.2) is 4.79 Å². The molecule has 0 spiro atoms. The molecule has 3 amide bonds. The lowest BCUT2D eigenvalue weighted by molar-refractivity contribution is -0.145. The third kappa shape index (κ3) is 10.2. The molecule has 0 saturated heterocycles. The van der Waals surface area contributed by atoms with Crippen LogP contribution in [0.2, 0.25) is 0 Å². The molecule has 9 N–H and O–H groups in total. The Bertz CT molecular complexity index is 566. The molecule has 0 aromatic rings. The van der Waals surface area contributed by atoms with E-state index in [2.05, 4.69) is 41.2 Å². The van der Waals surface area contributed by atoms with E-state index >= 15 is 0 Å². The first-order chi connectivity index (χ1) is 13.6. The summed E-state index contributed by atoms with van der Waals surface area (Å²) in [7, 11) is 0. The number of carboxylic acids is 1. The molecule has 0 aliphatic carbocycles. The Morgan fingerprint density at radius 2 is 1.41 bits per heavy atom. The topological polar surface area (TPSA) is 197 Å². The van der Waals surface area contributed by atoms with Crippen molar-refractivity contribution in [1.82, 2.24) is 16.0 Å². The monoisotopic (exact) mass is 453 g/mol. The van der Waals surface area contributed by atoms with Gasteiger partial charge in [0.25, 0.3) is 0 Å². The third-order valence-electron chi connectivity index (χ3n) is 3.98. The van der Waals surface area contributed by atoms with E-state index in [0.29, 0.717) is 19.4 Å². The van der Waals surface area contributed by atoms with Crippen molar-refractivity contribution in [2.75, 3.05) is 18.1 Å². The minimum absolute atomic E-state index is 0.0561. The molecule has 5 atom stereocenters. The highest BCUT2D eigenvalue weighted by Crippen LogP contribution is 2.01. The molecule has 11 nitrogen and oxygen atoms in total. The lowest BCUT2D eigenvalue weighted by Crippen LogP contribution is -2.59. The molecule has 0 aromatic carbocycles. The van der Waals surface area contributed by atoms with E-state index in [-0.39, 0.29) is 11.5 Å². The smallest absolute Gasteiger partial charge is 0.328 e. The molecule has 13 heteroatoms. The molecule has 0 fully saturated rings. The zero-order valence-electron chi connectivity index (χ0n) is 16.2. The highest BCUT2D eigenvalue weighted by atomic mass is 32.1. The molecule has 0 saturated carbocycles. The van der Waals surface area contributed by atoms with Crippen molar-refractivity contribution in [3.63, 3.8) is 0 Å². The second-order valence-corrected chi connectivity index (χ2v) is 7.17. The normalized spacial score (nSPS) is 16.1. The Labute approximate surface area is 180 Å². The number of carbonyl (C=O) groups is 4. The quantitative estimate of drug-likeness (QED) is 0.0994. The van der Waals surface area contributed by atoms with Crippen LogP contribution in [0.5, 0.6) is 0 Å². The maximum atomic E-state index is 12.4. The third-order valence-corrected chi connectivity index (χ3v) is 4.71. The van der Waals surface area contributed by atoms with Crippen molar-refractivity contribution in [1.29, 1.82) is 0 Å². The highest BCUT2D eigenvalue weighted by molar-refractivity contribution is 7.80. The van der Waals surface area contributed by atoms with E-state index in [1.54, 1.807) is 0 Å². The summed E-state index contributed by atoms with van der Waals surface area (Å²) in [6.45, 7) is 1.69. The van der Waals surface area contributed by atoms with Gasteiger partial charge in [-0.15, -0.1) is 0 Å². The molecule has 0 rings (SSSR count). The lowest BCUT2D eigenvalue weighted by Gasteiger charge is -2.24. The summed E-state index contributed by atoms with van der Waals surface area (Å²) < 4.78 is 0. The predicted octanol–water partition coefficient (Wildman–Crippen LogP) is -2.78. The molecule has 0 radical (unpaired) electrons. The SMILES string of the molecule is CC(O)C(NC(=O)C(CS)NC(=O)C(CS)NC(=O)C(N)CCCCN)C(=O)O. The minimum Gasteiger partial charge on any atom is -0.480 e. The maximum Gasteiger partial charge on any atom is 0.328 e. The fraction of sp³-hybridized carbons (Fsp3) is 0.750. The Balaban J connectivity index is 4.88. The van der Waals surface area contributed by atoms with E-state index in [0.717, 1.165) is 6.42 Å². The average molecular weight is 454 g/mol. The first-order valence-corrected chi connectivity index (χ1v) is 10.3. The van der Waals surface area contributed by atoms with E-state index in [9.17, 15) is 24.3 Å². The first kappa shape index (κ1) is 27.5. The zero-order chi connectivity index (χ0) is 22.6. The molecule has 168 valence electrons. The Morgan fingerprint density at radius 1 is 0.931 bits per heavy atom. The maximum absolute atomic E-state index is 12.4. The summed E-state index contributed by atoms with van der Waals surface area (Å²) in [4.78, 5) is 47.9. The summed E-state index contributed by atoms with van der Waals surface area (Å²) in [5, 5.41) is 25.4. The van der Waals surface area contributed by atoms with Gasteiger partial charge in [0, 0.05) is 11.5 Å². The van der Waals surface area contributed by atoms with Crippen molar-refractivity contribution in [2.24, 2.45) is 11.5 Å². The second-order valence-electron chi connectivity index (χ2n) is 6.44. The summed E-state index contributed by atoms with van der Waals surface area (Å²) in [5.74, 6) is -3.72. The Kier molecular flexibility index (Phi) is 13.7. The Morgan fingerprint density at radius 3 is 1.83 bits per heavy atom. The van der Waals surface area contributed by atoms with E-state index in [1.807, 2.05) is 0 Å². The lowest BCUT2D eigenvalue weighted by atomic mass is 10.1. The van der Waals surface area contributed by atoms with Gasteiger partial charge < -0.3 is 37.6 Å². The number of carboxylic acid groups (broad SMARTS) is 1. The molecule has 0 aromatic heterocycles. The highest BCUT2D eigenvalue weighted by Gasteiger charge is 2.30. The molecule has 0 heterocycles. The fourth-order valence-electron chi connectivity index (χ4n) is 2.22. The summed E-state index contributed by atoms with van der Waals surface area (Å²) in [6, 6.07) is -4.62. The standard InChI is InChI=1S/C16H31N5O6S2/c1-8(22)12(16(26)27)21-15(25)11(7-29)20-14(24)10(6-28)19-13(23)9(18)4-2-3-5-17/h8-12,22,28-29H,2-7,17-18H2,1H3,(H,19,23)(H,20,24)(H,21,25)(H,26,27). The molecular weight excluding hydrogens is 422 g/mol. The molecule has 0 aliphatic rings. The number of aliphatic hydroxyl groups is 1. The van der Waals surface area contributed by atoms with Gasteiger partial charge in [0.15, 0.2) is 6.04 Å². The number of rotatable bonds is 14. The number of amides is 3. The van der Waals surface area contributed by atoms with Crippen LogP contribution in [0.4, 0.5) is 0 Å². The summed E-state index contributed by atoms with van der Waals surface area (Å²) in [6.07, 6.45) is 0.443. The summed E-state index contributed by atoms with van der Waals surface area (Å²) in [5.41, 5.74) is 11.2. The van der Waals surface area contributed by atoms with Gasteiger partial charge in [-0.2, -0.15) is 25.3 Å². The van der Waals surface area contributed by atoms with Gasteiger partial charge >= 0.3 is 5.97 Å². The number of carbonyl (C=O) groups excluding carboxylic acids is 3.